The third-order valence-electron chi connectivity index (χ3n) is 11.0. The number of urea groups is 1. The molecule has 0 aliphatic carbocycles. The number of fused-ring (bicyclic) bond motifs is 1. The second-order valence-corrected chi connectivity index (χ2v) is 18.2. The van der Waals surface area contributed by atoms with Gasteiger partial charge in [-0.2, -0.15) is 0 Å². The molecule has 2 heterocycles. The number of esters is 2. The van der Waals surface area contributed by atoms with Crippen LogP contribution in [0.15, 0.2) is 54.6 Å². The van der Waals surface area contributed by atoms with Gasteiger partial charge in [-0.05, 0) is 94.7 Å². The first-order valence-corrected chi connectivity index (χ1v) is 23.4. The summed E-state index contributed by atoms with van der Waals surface area (Å²) in [6, 6.07) is 5.12. The van der Waals surface area contributed by atoms with Gasteiger partial charge in [0, 0.05) is 43.8 Å². The number of nitrogens with zero attached hydrogens (tertiary/aromatic N) is 2. The molecule has 0 radical (unpaired) electrons. The van der Waals surface area contributed by atoms with E-state index in [1.165, 1.54) is 54.6 Å². The van der Waals surface area contributed by atoms with Crippen molar-refractivity contribution in [3.63, 3.8) is 0 Å². The first-order chi connectivity index (χ1) is 34.5. The minimum atomic E-state index is -1.69. The maximum absolute atomic E-state index is 13.7. The number of imide groups is 3. The SMILES string of the molecule is COC(=O)COc1ccc2c(c1)C(=O)N(C(CCC(=O)OC(C)(C)C)C(=O)NC(=O)OCc1ccc(NC(=O)[C@@H](CCCNC(N)=O)NC(=O)[C@H](NC(=O)CCCCCN3C(=O)C=CC3=O)C(C)C)cc1)C2=O. The molecule has 2 aliphatic heterocycles. The van der Waals surface area contributed by atoms with Crippen LogP contribution in [0.3, 0.4) is 0 Å². The van der Waals surface area contributed by atoms with Crippen molar-refractivity contribution in [2.45, 2.75) is 116 Å². The molecule has 2 aromatic carbocycles. The fraction of sp³-hybridized carbons (Fsp3) is 0.469. The maximum atomic E-state index is 13.7. The van der Waals surface area contributed by atoms with Crippen molar-refractivity contribution in [3.05, 3.63) is 71.3 Å². The molecule has 2 aliphatic rings. The summed E-state index contributed by atoms with van der Waals surface area (Å²) in [7, 11) is 1.16. The normalized spacial score (nSPS) is 14.2. The number of rotatable bonds is 26. The number of anilines is 1. The van der Waals surface area contributed by atoms with Gasteiger partial charge in [-0.3, -0.25) is 58.3 Å². The lowest BCUT2D eigenvalue weighted by atomic mass is 10.0. The average Bonchev–Trinajstić information content (AvgIpc) is 3.77. The average molecular weight is 1020 g/mol. The van der Waals surface area contributed by atoms with Crippen LogP contribution in [0, 0.1) is 5.92 Å². The number of hydrogen-bond acceptors (Lipinski definition) is 16. The third kappa shape index (κ3) is 17.9. The van der Waals surface area contributed by atoms with Crippen LogP contribution in [0.1, 0.15) is 112 Å². The largest absolute Gasteiger partial charge is 0.482 e. The second-order valence-electron chi connectivity index (χ2n) is 18.2. The van der Waals surface area contributed by atoms with Crippen LogP contribution in [0.5, 0.6) is 5.75 Å². The van der Waals surface area contributed by atoms with E-state index in [2.05, 4.69) is 26.0 Å². The van der Waals surface area contributed by atoms with Gasteiger partial charge in [-0.15, -0.1) is 0 Å². The summed E-state index contributed by atoms with van der Waals surface area (Å²) in [5.41, 5.74) is 4.69. The number of amides is 11. The molecule has 0 aromatic heterocycles. The standard InChI is InChI=1S/C49H62N8O16/c1-28(2)41(54-36(58)12-8-7-9-24-56-37(59)20-21-38(56)60)44(65)53-34(11-10-23-51-47(50)68)42(63)52-30-15-13-29(14-16-30)26-72-48(69)55-43(64)35(19-22-39(61)73-49(3,4)5)57-45(66)32-18-17-31(25-33(32)46(57)67)71-27-40(62)70-6/h13-18,20-21,25,28,34-35,41H,7-12,19,22-24,26-27H2,1-6H3,(H,52,63)(H,53,65)(H,54,58)(H3,50,51,68)(H,55,64,69)/t34-,35?,41-/m1/s1. The van der Waals surface area contributed by atoms with E-state index in [9.17, 15) is 57.5 Å². The van der Waals surface area contributed by atoms with Crippen LogP contribution in [0.4, 0.5) is 15.3 Å². The Morgan fingerprint density at radius 2 is 1.41 bits per heavy atom. The van der Waals surface area contributed by atoms with Crippen molar-refractivity contribution in [2.75, 3.05) is 32.1 Å². The molecule has 0 fully saturated rings. The topological polar surface area (TPSA) is 334 Å². The molecule has 0 bridgehead atoms. The lowest BCUT2D eigenvalue weighted by Gasteiger charge is -2.25. The Morgan fingerprint density at radius 3 is 2.04 bits per heavy atom. The number of primary amides is 1. The molecular formula is C49H62N8O16. The van der Waals surface area contributed by atoms with E-state index >= 15 is 0 Å². The molecule has 394 valence electrons. The lowest BCUT2D eigenvalue weighted by molar-refractivity contribution is -0.155. The minimum Gasteiger partial charge on any atom is -0.482 e. The lowest BCUT2D eigenvalue weighted by Crippen LogP contribution is -2.54. The predicted molar refractivity (Wildman–Crippen MR) is 257 cm³/mol. The highest BCUT2D eigenvalue weighted by Crippen LogP contribution is 2.30. The van der Waals surface area contributed by atoms with Crippen molar-refractivity contribution < 1.29 is 76.5 Å². The number of alkyl carbamates (subject to hydrolysis) is 1. The second kappa shape index (κ2) is 26.9. The zero-order valence-corrected chi connectivity index (χ0v) is 41.5. The van der Waals surface area contributed by atoms with Gasteiger partial charge in [0.1, 0.15) is 36.1 Å². The van der Waals surface area contributed by atoms with Gasteiger partial charge in [0.05, 0.1) is 18.2 Å². The van der Waals surface area contributed by atoms with Gasteiger partial charge in [0.25, 0.3) is 29.5 Å². The van der Waals surface area contributed by atoms with E-state index in [1.54, 1.807) is 34.6 Å². The molecule has 24 heteroatoms. The number of hydrogen-bond donors (Lipinski definition) is 6. The molecule has 24 nitrogen and oxygen atoms in total. The van der Waals surface area contributed by atoms with E-state index in [1.807, 2.05) is 5.32 Å². The van der Waals surface area contributed by atoms with Crippen LogP contribution in [0.2, 0.25) is 0 Å². The molecule has 3 atom stereocenters. The molecule has 73 heavy (non-hydrogen) atoms. The van der Waals surface area contributed by atoms with Crippen molar-refractivity contribution in [1.82, 2.24) is 31.1 Å². The van der Waals surface area contributed by atoms with Gasteiger partial charge >= 0.3 is 24.1 Å². The number of benzene rings is 2. The number of nitrogens with one attached hydrogen (secondary N) is 5. The molecular weight excluding hydrogens is 957 g/mol. The summed E-state index contributed by atoms with van der Waals surface area (Å²) in [6.07, 6.45) is 2.09. The highest BCUT2D eigenvalue weighted by Gasteiger charge is 2.44. The fourth-order valence-electron chi connectivity index (χ4n) is 7.33. The summed E-state index contributed by atoms with van der Waals surface area (Å²) < 4.78 is 20.5. The number of carbonyl (C=O) groups is 12. The maximum Gasteiger partial charge on any atom is 0.414 e. The Balaban J connectivity index is 1.36. The van der Waals surface area contributed by atoms with Crippen LogP contribution >= 0.6 is 0 Å². The highest BCUT2D eigenvalue weighted by molar-refractivity contribution is 6.23. The Kier molecular flexibility index (Phi) is 21.1. The Labute approximate surface area is 420 Å². The summed E-state index contributed by atoms with van der Waals surface area (Å²) in [6.45, 7) is 7.75. The van der Waals surface area contributed by atoms with E-state index < -0.39 is 115 Å². The summed E-state index contributed by atoms with van der Waals surface area (Å²) in [5, 5.41) is 12.6. The number of ether oxygens (including phenoxy) is 4. The Morgan fingerprint density at radius 1 is 0.740 bits per heavy atom. The number of nitrogens with two attached hydrogens (primary N) is 1. The smallest absolute Gasteiger partial charge is 0.414 e. The monoisotopic (exact) mass is 1020 g/mol. The predicted octanol–water partition coefficient (Wildman–Crippen LogP) is 2.28. The zero-order chi connectivity index (χ0) is 54.0. The molecule has 1 unspecified atom stereocenters. The summed E-state index contributed by atoms with van der Waals surface area (Å²) >= 11 is 0. The number of methoxy groups -OCH3 is 1. The molecule has 0 saturated heterocycles. The molecule has 2 aromatic rings. The zero-order valence-electron chi connectivity index (χ0n) is 41.5. The van der Waals surface area contributed by atoms with Gasteiger partial charge in [0.2, 0.25) is 17.7 Å². The van der Waals surface area contributed by atoms with Crippen LogP contribution in [-0.4, -0.2) is 132 Å². The number of carbonyl (C=O) groups excluding carboxylic acids is 12. The van der Waals surface area contributed by atoms with Gasteiger partial charge in [-0.1, -0.05) is 32.4 Å². The first kappa shape index (κ1) is 57.4. The summed E-state index contributed by atoms with van der Waals surface area (Å²) in [4.78, 5) is 155. The van der Waals surface area contributed by atoms with E-state index in [4.69, 9.17) is 19.9 Å². The van der Waals surface area contributed by atoms with Crippen LogP contribution < -0.4 is 37.1 Å². The van der Waals surface area contributed by atoms with Crippen molar-refractivity contribution in [2.24, 2.45) is 11.7 Å². The fourth-order valence-corrected chi connectivity index (χ4v) is 7.33. The van der Waals surface area contributed by atoms with Gasteiger partial charge in [0.15, 0.2) is 6.61 Å². The molecule has 7 N–H and O–H groups in total. The molecule has 0 spiro atoms. The van der Waals surface area contributed by atoms with Crippen molar-refractivity contribution >= 4 is 77.0 Å². The quantitative estimate of drug-likeness (QED) is 0.0341. The van der Waals surface area contributed by atoms with Crippen molar-refractivity contribution in [1.29, 1.82) is 0 Å². The van der Waals surface area contributed by atoms with Gasteiger partial charge in [-0.25, -0.2) is 14.4 Å². The Hall–Kier alpha value is -8.18. The molecule has 11 amide bonds. The summed E-state index contributed by atoms with van der Waals surface area (Å²) in [5.74, 6) is -7.21. The van der Waals surface area contributed by atoms with Crippen LogP contribution in [-0.2, 0) is 59.2 Å². The van der Waals surface area contributed by atoms with Gasteiger partial charge < -0.3 is 45.9 Å². The van der Waals surface area contributed by atoms with E-state index in [-0.39, 0.29) is 66.7 Å². The van der Waals surface area contributed by atoms with E-state index in [0.717, 1.165) is 12.0 Å². The highest BCUT2D eigenvalue weighted by atomic mass is 16.6. The first-order valence-electron chi connectivity index (χ1n) is 23.4. The van der Waals surface area contributed by atoms with Crippen molar-refractivity contribution in [3.8, 4) is 5.75 Å². The molecule has 4 rings (SSSR count). The third-order valence-corrected chi connectivity index (χ3v) is 11.0. The molecule has 0 saturated carbocycles. The Bertz CT molecular complexity index is 2450. The number of unbranched alkanes of at least 4 members (excludes halogenated alkanes) is 2. The van der Waals surface area contributed by atoms with E-state index in [0.29, 0.717) is 29.7 Å². The van der Waals surface area contributed by atoms with Crippen LogP contribution in [0.25, 0.3) is 0 Å². The minimum absolute atomic E-state index is 0.0499.